The summed E-state index contributed by atoms with van der Waals surface area (Å²) in [5.41, 5.74) is 12.5. The molecule has 6 rings (SSSR count). The number of benzene rings is 4. The first-order valence-corrected chi connectivity index (χ1v) is 24.9. The maximum absolute atomic E-state index is 7.00. The van der Waals surface area contributed by atoms with Crippen molar-refractivity contribution in [1.29, 1.82) is 0 Å². The van der Waals surface area contributed by atoms with Gasteiger partial charge in [-0.2, -0.15) is 0 Å². The zero-order valence-corrected chi connectivity index (χ0v) is 42.4. The molecule has 0 aliphatic rings. The summed E-state index contributed by atoms with van der Waals surface area (Å²) >= 11 is 0. The van der Waals surface area contributed by atoms with E-state index < -0.39 is 16.5 Å². The highest BCUT2D eigenvalue weighted by molar-refractivity contribution is 7.32. The monoisotopic (exact) mass is 868 g/mol. The van der Waals surface area contributed by atoms with E-state index in [4.69, 9.17) is 25.8 Å². The van der Waals surface area contributed by atoms with Gasteiger partial charge in [0.15, 0.2) is 0 Å². The lowest BCUT2D eigenvalue weighted by atomic mass is 9.82. The van der Waals surface area contributed by atoms with Crippen LogP contribution in [0.1, 0.15) is 176 Å². The number of hydrogen-bond acceptors (Lipinski definition) is 6. The van der Waals surface area contributed by atoms with Gasteiger partial charge in [0.05, 0.1) is 12.2 Å². The molecule has 332 valence electrons. The van der Waals surface area contributed by atoms with Crippen molar-refractivity contribution in [3.05, 3.63) is 93.0 Å². The lowest BCUT2D eigenvalue weighted by molar-refractivity contribution is 0.184. The lowest BCUT2D eigenvalue weighted by Gasteiger charge is -2.22. The van der Waals surface area contributed by atoms with E-state index in [1.165, 1.54) is 22.3 Å². The second kappa shape index (κ2) is 17.6. The van der Waals surface area contributed by atoms with Crippen LogP contribution in [0.15, 0.2) is 65.3 Å². The molecule has 2 aromatic heterocycles. The average molecular weight is 869 g/mol. The van der Waals surface area contributed by atoms with Gasteiger partial charge in [0.25, 0.3) is 0 Å². The quantitative estimate of drug-likeness (QED) is 0.137. The molecule has 0 aliphatic heterocycles. The summed E-state index contributed by atoms with van der Waals surface area (Å²) in [6, 6.07) is 18.4. The molecule has 2 heterocycles. The molecule has 0 bridgehead atoms. The van der Waals surface area contributed by atoms with Gasteiger partial charge in [-0.3, -0.25) is 9.05 Å². The smallest absolute Gasteiger partial charge is 0.387 e. The molecule has 0 unspecified atom stereocenters. The molecular weight excluding hydrogens is 795 g/mol. The van der Waals surface area contributed by atoms with E-state index in [1.54, 1.807) is 0 Å². The lowest BCUT2D eigenvalue weighted by Crippen LogP contribution is -2.21. The van der Waals surface area contributed by atoms with Crippen LogP contribution in [0.3, 0.4) is 0 Å². The second-order valence-electron chi connectivity index (χ2n) is 21.4. The summed E-state index contributed by atoms with van der Waals surface area (Å²) in [5.74, 6) is 0. The Morgan fingerprint density at radius 2 is 0.607 bits per heavy atom. The van der Waals surface area contributed by atoms with Crippen molar-refractivity contribution in [1.82, 2.24) is 0 Å². The number of fused-ring (bicyclic) bond motifs is 6. The van der Waals surface area contributed by atoms with Crippen molar-refractivity contribution < 1.29 is 25.8 Å². The van der Waals surface area contributed by atoms with E-state index in [0.29, 0.717) is 6.42 Å². The molecule has 4 aromatic carbocycles. The molecule has 0 spiro atoms. The van der Waals surface area contributed by atoms with Crippen LogP contribution in [0.25, 0.3) is 43.9 Å². The summed E-state index contributed by atoms with van der Waals surface area (Å²) < 4.78 is 41.7. The number of hydrogen-bond donors (Lipinski definition) is 0. The van der Waals surface area contributed by atoms with Crippen molar-refractivity contribution >= 4 is 60.4 Å². The van der Waals surface area contributed by atoms with Crippen LogP contribution in [0, 0.1) is 0 Å². The molecule has 0 fully saturated rings. The van der Waals surface area contributed by atoms with Crippen molar-refractivity contribution in [2.24, 2.45) is 0 Å². The van der Waals surface area contributed by atoms with Crippen molar-refractivity contribution in [3.63, 3.8) is 0 Å². The van der Waals surface area contributed by atoms with E-state index in [0.717, 1.165) is 91.8 Å². The minimum absolute atomic E-state index is 0.169. The molecule has 61 heavy (non-hydrogen) atoms. The van der Waals surface area contributed by atoms with Gasteiger partial charge in [-0.25, -0.2) is 0 Å². The maximum Gasteiger partial charge on any atom is 0.387 e. The Morgan fingerprint density at radius 3 is 0.787 bits per heavy atom. The van der Waals surface area contributed by atoms with Crippen LogP contribution >= 0.6 is 16.5 Å². The predicted octanol–water partition coefficient (Wildman–Crippen LogP) is 17.1. The predicted molar refractivity (Wildman–Crippen MR) is 262 cm³/mol. The standard InChI is InChI=1S/C53H74O6P2/c1-19-34-24-38-39-25-35(20-2)29-43(51(10,11)12)47(39)57-60(56-46(38)42(28-34)50(7,8)9)54-32(5)23-33(6)55-61-58-48-40(26-36(21-3)30-44(48)52(13,14)15)41-27-37(22-4)31-45(49(41)59-61)53(16,17)18/h24-33H,19-23H2,1-18H3/t32-,33-/m1/s1. The molecule has 8 heteroatoms. The maximum atomic E-state index is 7.00. The van der Waals surface area contributed by atoms with E-state index in [1.807, 2.05) is 0 Å². The van der Waals surface area contributed by atoms with E-state index in [9.17, 15) is 0 Å². The summed E-state index contributed by atoms with van der Waals surface area (Å²) in [7, 11) is -3.69. The molecule has 0 radical (unpaired) electrons. The zero-order valence-electron chi connectivity index (χ0n) is 40.7. The normalized spacial score (nSPS) is 14.1. The van der Waals surface area contributed by atoms with Gasteiger partial charge in [0.1, 0.15) is 22.3 Å². The second-order valence-corrected chi connectivity index (χ2v) is 23.4. The average Bonchev–Trinajstić information content (AvgIpc) is 3.41. The third kappa shape index (κ3) is 10.2. The van der Waals surface area contributed by atoms with Gasteiger partial charge in [-0.15, -0.1) is 0 Å². The Bertz CT molecular complexity index is 2290. The molecule has 0 N–H and O–H groups in total. The molecular formula is C53H74O6P2. The first-order valence-electron chi connectivity index (χ1n) is 22.7. The first-order chi connectivity index (χ1) is 28.4. The number of aryl methyl sites for hydroxylation is 4. The highest BCUT2D eigenvalue weighted by Crippen LogP contribution is 2.46. The molecule has 6 nitrogen and oxygen atoms in total. The highest BCUT2D eigenvalue weighted by Gasteiger charge is 2.28. The Balaban J connectivity index is 1.49. The fourth-order valence-corrected chi connectivity index (χ4v) is 10.7. The van der Waals surface area contributed by atoms with Gasteiger partial charge >= 0.3 is 16.5 Å². The van der Waals surface area contributed by atoms with Gasteiger partial charge < -0.3 is 16.8 Å². The molecule has 0 aliphatic carbocycles. The first kappa shape index (κ1) is 47.1. The van der Waals surface area contributed by atoms with Crippen LogP contribution in [0.4, 0.5) is 0 Å². The van der Waals surface area contributed by atoms with Gasteiger partial charge in [0, 0.05) is 50.2 Å². The van der Waals surface area contributed by atoms with E-state index >= 15 is 0 Å². The molecule has 0 saturated carbocycles. The Kier molecular flexibility index (Phi) is 13.6. The molecule has 6 aromatic rings. The molecule has 0 amide bonds. The summed E-state index contributed by atoms with van der Waals surface area (Å²) in [6.07, 6.45) is 3.72. The third-order valence-corrected chi connectivity index (χ3v) is 14.3. The van der Waals surface area contributed by atoms with Crippen LogP contribution in [0.5, 0.6) is 0 Å². The summed E-state index contributed by atoms with van der Waals surface area (Å²) in [6.45, 7) is 40.1. The fraction of sp³-hybridized carbons (Fsp3) is 0.547. The topological polar surface area (TPSA) is 71.0 Å². The number of rotatable bonds is 10. The largest absolute Gasteiger partial charge is 0.399 e. The van der Waals surface area contributed by atoms with Gasteiger partial charge in [0.2, 0.25) is 0 Å². The Morgan fingerprint density at radius 1 is 0.393 bits per heavy atom. The Labute approximate surface area is 368 Å². The fourth-order valence-electron chi connectivity index (χ4n) is 8.26. The Hall–Kier alpha value is -3.40. The third-order valence-electron chi connectivity index (χ3n) is 11.9. The van der Waals surface area contributed by atoms with Crippen molar-refractivity contribution in [2.75, 3.05) is 0 Å². The van der Waals surface area contributed by atoms with Crippen LogP contribution in [-0.2, 0) is 47.3 Å². The zero-order chi connectivity index (χ0) is 45.0. The summed E-state index contributed by atoms with van der Waals surface area (Å²) in [4.78, 5) is 0. The van der Waals surface area contributed by atoms with Crippen LogP contribution in [-0.4, -0.2) is 12.2 Å². The minimum atomic E-state index is -1.85. The van der Waals surface area contributed by atoms with E-state index in [-0.39, 0.29) is 33.9 Å². The van der Waals surface area contributed by atoms with Crippen LogP contribution < -0.4 is 9.05 Å². The SMILES string of the molecule is CCc1cc(C(C)(C)C)c2op(O[C@H](C)C[C@@H](C)Op3oc4c(C(C)(C)C)cc(CC)cc4c4cc(CC)cc(C(C)(C)C)c4o3)oc3c(C(C)(C)C)cc(CC)cc3c2c1. The van der Waals surface area contributed by atoms with Crippen molar-refractivity contribution in [3.8, 4) is 0 Å². The summed E-state index contributed by atoms with van der Waals surface area (Å²) in [5, 5.41) is 4.30. The van der Waals surface area contributed by atoms with Gasteiger partial charge in [-0.05, 0) is 108 Å². The van der Waals surface area contributed by atoms with E-state index in [2.05, 4.69) is 173 Å². The van der Waals surface area contributed by atoms with Crippen LogP contribution in [0.2, 0.25) is 0 Å². The minimum Gasteiger partial charge on any atom is -0.399 e. The highest BCUT2D eigenvalue weighted by atomic mass is 31.1. The molecule has 0 saturated heterocycles. The van der Waals surface area contributed by atoms with Gasteiger partial charge in [-0.1, -0.05) is 135 Å². The van der Waals surface area contributed by atoms with Crippen molar-refractivity contribution in [2.45, 2.75) is 191 Å². The molecule has 2 atom stereocenters.